The summed E-state index contributed by atoms with van der Waals surface area (Å²) in [7, 11) is 0. The second-order valence-corrected chi connectivity index (χ2v) is 4.64. The first-order chi connectivity index (χ1) is 9.72. The summed E-state index contributed by atoms with van der Waals surface area (Å²) < 4.78 is 6.81. The summed E-state index contributed by atoms with van der Waals surface area (Å²) in [5.74, 6) is 0.287. The monoisotopic (exact) mass is 277 g/mol. The third-order valence-electron chi connectivity index (χ3n) is 3.48. The number of aryl methyl sites for hydroxylation is 1. The molecule has 0 saturated carbocycles. The Morgan fingerprint density at radius 2 is 2.40 bits per heavy atom. The number of hydrogen-bond acceptors (Lipinski definition) is 6. The van der Waals surface area contributed by atoms with Crippen LogP contribution in [0.25, 0.3) is 5.78 Å². The fourth-order valence-corrected chi connectivity index (χ4v) is 2.33. The Kier molecular flexibility index (Phi) is 3.33. The number of aliphatic hydroxyl groups excluding tert-OH is 1. The fourth-order valence-electron chi connectivity index (χ4n) is 2.33. The van der Waals surface area contributed by atoms with Gasteiger partial charge in [-0.25, -0.2) is 9.50 Å². The van der Waals surface area contributed by atoms with Gasteiger partial charge in [-0.1, -0.05) is 0 Å². The maximum Gasteiger partial charge on any atom is 0.257 e. The highest BCUT2D eigenvalue weighted by atomic mass is 16.5. The normalized spacial score (nSPS) is 19.5. The molecule has 8 nitrogen and oxygen atoms in total. The minimum Gasteiger partial charge on any atom is -0.394 e. The average molecular weight is 277 g/mol. The molecule has 0 aromatic carbocycles. The van der Waals surface area contributed by atoms with E-state index < -0.39 is 0 Å². The van der Waals surface area contributed by atoms with Crippen LogP contribution >= 0.6 is 0 Å². The van der Waals surface area contributed by atoms with Gasteiger partial charge in [0.05, 0.1) is 37.1 Å². The van der Waals surface area contributed by atoms with E-state index in [0.29, 0.717) is 36.8 Å². The van der Waals surface area contributed by atoms with Crippen LogP contribution in [0.15, 0.2) is 12.5 Å². The molecule has 1 aliphatic heterocycles. The summed E-state index contributed by atoms with van der Waals surface area (Å²) in [4.78, 5) is 22.3. The molecule has 1 aliphatic rings. The number of amides is 1. The van der Waals surface area contributed by atoms with E-state index in [1.165, 1.54) is 17.0 Å². The lowest BCUT2D eigenvalue weighted by Gasteiger charge is -2.34. The van der Waals surface area contributed by atoms with E-state index in [1.807, 2.05) is 0 Å². The van der Waals surface area contributed by atoms with Crippen LogP contribution < -0.4 is 0 Å². The van der Waals surface area contributed by atoms with E-state index in [0.717, 1.165) is 0 Å². The molecule has 1 fully saturated rings. The zero-order valence-corrected chi connectivity index (χ0v) is 11.1. The Bertz CT molecular complexity index is 641. The first kappa shape index (κ1) is 12.9. The van der Waals surface area contributed by atoms with Gasteiger partial charge in [-0.15, -0.1) is 0 Å². The van der Waals surface area contributed by atoms with Crippen molar-refractivity contribution in [3.8, 4) is 0 Å². The molecule has 3 heterocycles. The van der Waals surface area contributed by atoms with Crippen molar-refractivity contribution in [1.82, 2.24) is 24.5 Å². The standard InChI is InChI=1S/C12H15N5O3/c1-8-10(4-13-12-14-7-15-17(8)12)11(19)16-2-3-20-6-9(16)5-18/h4,7,9,18H,2-3,5-6H2,1H3. The zero-order chi connectivity index (χ0) is 14.1. The Balaban J connectivity index is 1.97. The quantitative estimate of drug-likeness (QED) is 0.777. The van der Waals surface area contributed by atoms with Crippen LogP contribution in [0.1, 0.15) is 16.1 Å². The number of carbonyl (C=O) groups excluding carboxylic acids is 1. The van der Waals surface area contributed by atoms with Crippen molar-refractivity contribution in [2.75, 3.05) is 26.4 Å². The number of rotatable bonds is 2. The van der Waals surface area contributed by atoms with Gasteiger partial charge in [0, 0.05) is 12.7 Å². The molecule has 0 spiro atoms. The Morgan fingerprint density at radius 3 is 3.20 bits per heavy atom. The van der Waals surface area contributed by atoms with Crippen molar-refractivity contribution in [2.45, 2.75) is 13.0 Å². The molecule has 1 N–H and O–H groups in total. The molecule has 2 aromatic heterocycles. The van der Waals surface area contributed by atoms with E-state index in [2.05, 4.69) is 15.1 Å². The number of fused-ring (bicyclic) bond motifs is 1. The Labute approximate surface area is 115 Å². The van der Waals surface area contributed by atoms with Crippen molar-refractivity contribution >= 4 is 11.7 Å². The number of aliphatic hydroxyl groups is 1. The topological polar surface area (TPSA) is 92.9 Å². The van der Waals surface area contributed by atoms with E-state index in [-0.39, 0.29) is 18.6 Å². The molecule has 20 heavy (non-hydrogen) atoms. The van der Waals surface area contributed by atoms with Crippen LogP contribution in [0.4, 0.5) is 0 Å². The fraction of sp³-hybridized carbons (Fsp3) is 0.500. The van der Waals surface area contributed by atoms with Gasteiger partial charge in [-0.05, 0) is 6.92 Å². The van der Waals surface area contributed by atoms with Crippen molar-refractivity contribution in [1.29, 1.82) is 0 Å². The maximum absolute atomic E-state index is 12.6. The molecule has 2 aromatic rings. The van der Waals surface area contributed by atoms with Gasteiger partial charge in [0.25, 0.3) is 11.7 Å². The first-order valence-corrected chi connectivity index (χ1v) is 6.37. The van der Waals surface area contributed by atoms with Crippen molar-refractivity contribution in [3.63, 3.8) is 0 Å². The van der Waals surface area contributed by atoms with Gasteiger partial charge in [0.2, 0.25) is 0 Å². The maximum atomic E-state index is 12.6. The SMILES string of the molecule is Cc1c(C(=O)N2CCOCC2CO)cnc2ncnn12. The van der Waals surface area contributed by atoms with E-state index in [4.69, 9.17) is 4.74 Å². The molecule has 3 rings (SSSR count). The number of carbonyl (C=O) groups is 1. The molecule has 106 valence electrons. The minimum atomic E-state index is -0.318. The molecule has 1 unspecified atom stereocenters. The Hall–Kier alpha value is -2.06. The number of morpholine rings is 1. The van der Waals surface area contributed by atoms with Crippen LogP contribution in [-0.4, -0.2) is 67.9 Å². The number of aromatic nitrogens is 4. The molecule has 1 saturated heterocycles. The van der Waals surface area contributed by atoms with Gasteiger partial charge in [-0.3, -0.25) is 4.79 Å². The molecule has 0 radical (unpaired) electrons. The smallest absolute Gasteiger partial charge is 0.257 e. The number of nitrogens with zero attached hydrogens (tertiary/aromatic N) is 5. The van der Waals surface area contributed by atoms with Crippen LogP contribution in [0.3, 0.4) is 0 Å². The van der Waals surface area contributed by atoms with Crippen LogP contribution in [0, 0.1) is 6.92 Å². The molecule has 0 bridgehead atoms. The van der Waals surface area contributed by atoms with Gasteiger partial charge in [0.15, 0.2) is 0 Å². The highest BCUT2D eigenvalue weighted by molar-refractivity contribution is 5.95. The lowest BCUT2D eigenvalue weighted by atomic mass is 10.1. The highest BCUT2D eigenvalue weighted by Crippen LogP contribution is 2.15. The van der Waals surface area contributed by atoms with Crippen LogP contribution in [-0.2, 0) is 4.74 Å². The van der Waals surface area contributed by atoms with Crippen molar-refractivity contribution < 1.29 is 14.6 Å². The summed E-state index contributed by atoms with van der Waals surface area (Å²) in [5, 5.41) is 13.4. The molecular weight excluding hydrogens is 262 g/mol. The van der Waals surface area contributed by atoms with Crippen molar-refractivity contribution in [2.24, 2.45) is 0 Å². The Morgan fingerprint density at radius 1 is 1.55 bits per heavy atom. The van der Waals surface area contributed by atoms with Gasteiger partial charge in [0.1, 0.15) is 6.33 Å². The van der Waals surface area contributed by atoms with Gasteiger partial charge >= 0.3 is 0 Å². The van der Waals surface area contributed by atoms with Crippen molar-refractivity contribution in [3.05, 3.63) is 23.8 Å². The van der Waals surface area contributed by atoms with Crippen LogP contribution in [0.2, 0.25) is 0 Å². The molecule has 1 amide bonds. The molecule has 0 aliphatic carbocycles. The third kappa shape index (κ3) is 2.02. The third-order valence-corrected chi connectivity index (χ3v) is 3.48. The first-order valence-electron chi connectivity index (χ1n) is 6.37. The minimum absolute atomic E-state index is 0.121. The zero-order valence-electron chi connectivity index (χ0n) is 11.1. The summed E-state index contributed by atoms with van der Waals surface area (Å²) in [6.07, 6.45) is 2.90. The summed E-state index contributed by atoms with van der Waals surface area (Å²) in [5.41, 5.74) is 1.14. The lowest BCUT2D eigenvalue weighted by molar-refractivity contribution is -0.0184. The predicted octanol–water partition coefficient (Wildman–Crippen LogP) is -0.734. The number of ether oxygens (including phenoxy) is 1. The van der Waals surface area contributed by atoms with E-state index in [1.54, 1.807) is 11.8 Å². The van der Waals surface area contributed by atoms with E-state index >= 15 is 0 Å². The summed E-state index contributed by atoms with van der Waals surface area (Å²) >= 11 is 0. The average Bonchev–Trinajstić information content (AvgIpc) is 2.96. The second-order valence-electron chi connectivity index (χ2n) is 4.64. The molecular formula is C12H15N5O3. The van der Waals surface area contributed by atoms with E-state index in [9.17, 15) is 9.90 Å². The lowest BCUT2D eigenvalue weighted by Crippen LogP contribution is -2.50. The van der Waals surface area contributed by atoms with Gasteiger partial charge < -0.3 is 14.7 Å². The van der Waals surface area contributed by atoms with Gasteiger partial charge in [-0.2, -0.15) is 10.1 Å². The summed E-state index contributed by atoms with van der Waals surface area (Å²) in [6, 6.07) is -0.318. The second kappa shape index (κ2) is 5.14. The highest BCUT2D eigenvalue weighted by Gasteiger charge is 2.29. The van der Waals surface area contributed by atoms with Crippen LogP contribution in [0.5, 0.6) is 0 Å². The predicted molar refractivity (Wildman–Crippen MR) is 68.2 cm³/mol. The molecule has 1 atom stereocenters. The largest absolute Gasteiger partial charge is 0.394 e. The summed E-state index contributed by atoms with van der Waals surface area (Å²) in [6.45, 7) is 2.95. The number of hydrogen-bond donors (Lipinski definition) is 1. The molecule has 8 heteroatoms.